The van der Waals surface area contributed by atoms with E-state index in [-0.39, 0.29) is 23.8 Å². The number of hydrogen-bond donors (Lipinski definition) is 2. The van der Waals surface area contributed by atoms with E-state index in [1.807, 2.05) is 54.6 Å². The molecule has 8 heteroatoms. The van der Waals surface area contributed by atoms with Crippen molar-refractivity contribution in [3.8, 4) is 6.07 Å². The van der Waals surface area contributed by atoms with E-state index in [2.05, 4.69) is 10.4 Å². The first kappa shape index (κ1) is 23.0. The fourth-order valence-electron chi connectivity index (χ4n) is 4.27. The minimum atomic E-state index is -0.455. The van der Waals surface area contributed by atoms with Crippen LogP contribution in [0.5, 0.6) is 0 Å². The first-order valence-electron chi connectivity index (χ1n) is 11.5. The molecule has 178 valence electrons. The Morgan fingerprint density at radius 1 is 1.00 bits per heavy atom. The molecule has 0 atom stereocenters. The number of aliphatic hydroxyl groups is 1. The van der Waals surface area contributed by atoms with Gasteiger partial charge in [0.15, 0.2) is 0 Å². The van der Waals surface area contributed by atoms with Crippen LogP contribution in [0, 0.1) is 11.3 Å². The normalized spacial score (nSPS) is 12.7. The Morgan fingerprint density at radius 2 is 1.69 bits per heavy atom. The fraction of sp³-hybridized carbons (Fsp3) is 0.143. The Kier molecular flexibility index (Phi) is 6.31. The van der Waals surface area contributed by atoms with Crippen molar-refractivity contribution in [1.29, 1.82) is 5.26 Å². The highest BCUT2D eigenvalue weighted by Crippen LogP contribution is 2.25. The van der Waals surface area contributed by atoms with E-state index >= 15 is 0 Å². The zero-order valence-electron chi connectivity index (χ0n) is 19.4. The largest absolute Gasteiger partial charge is 0.392 e. The molecule has 0 bridgehead atoms. The summed E-state index contributed by atoms with van der Waals surface area (Å²) in [5.74, 6) is -0.744. The molecule has 0 saturated carbocycles. The zero-order chi connectivity index (χ0) is 25.1. The second kappa shape index (κ2) is 9.86. The Balaban J connectivity index is 1.32. The summed E-state index contributed by atoms with van der Waals surface area (Å²) in [6, 6.07) is 24.3. The summed E-state index contributed by atoms with van der Waals surface area (Å²) < 4.78 is 1.56. The average Bonchev–Trinajstić information content (AvgIpc) is 3.35. The van der Waals surface area contributed by atoms with E-state index in [4.69, 9.17) is 5.26 Å². The second-order valence-electron chi connectivity index (χ2n) is 8.55. The average molecular weight is 478 g/mol. The monoisotopic (exact) mass is 477 g/mol. The number of aromatic nitrogens is 2. The quantitative estimate of drug-likeness (QED) is 0.439. The zero-order valence-corrected chi connectivity index (χ0v) is 19.4. The molecule has 5 rings (SSSR count). The maximum absolute atomic E-state index is 13.4. The number of nitrogens with one attached hydrogen (secondary N) is 1. The van der Waals surface area contributed by atoms with Gasteiger partial charge in [-0.3, -0.25) is 14.3 Å². The Labute approximate surface area is 208 Å². The number of hydrogen-bond acceptors (Lipinski definition) is 5. The maximum atomic E-state index is 13.4. The number of fused-ring (bicyclic) bond motifs is 1. The minimum Gasteiger partial charge on any atom is -0.392 e. The van der Waals surface area contributed by atoms with Crippen LogP contribution < -0.4 is 10.2 Å². The van der Waals surface area contributed by atoms with Crippen molar-refractivity contribution >= 4 is 23.2 Å². The van der Waals surface area contributed by atoms with Gasteiger partial charge >= 0.3 is 0 Å². The van der Waals surface area contributed by atoms with Crippen LogP contribution in [0.4, 0.5) is 11.4 Å². The molecular weight excluding hydrogens is 454 g/mol. The van der Waals surface area contributed by atoms with E-state index in [1.165, 1.54) is 6.20 Å². The highest BCUT2D eigenvalue weighted by Gasteiger charge is 2.32. The first-order chi connectivity index (χ1) is 17.6. The molecular formula is C28H23N5O3. The Hall–Kier alpha value is -4.74. The summed E-state index contributed by atoms with van der Waals surface area (Å²) in [4.78, 5) is 28.0. The molecule has 0 spiro atoms. The number of benzene rings is 3. The molecule has 3 aromatic carbocycles. The molecule has 0 aliphatic carbocycles. The molecule has 36 heavy (non-hydrogen) atoms. The van der Waals surface area contributed by atoms with Gasteiger partial charge in [0.2, 0.25) is 0 Å². The molecule has 0 fully saturated rings. The highest BCUT2D eigenvalue weighted by molar-refractivity contribution is 6.15. The molecule has 2 N–H and O–H groups in total. The minimum absolute atomic E-state index is 0.0233. The smallest absolute Gasteiger partial charge is 0.277 e. The van der Waals surface area contributed by atoms with Gasteiger partial charge in [0, 0.05) is 17.9 Å². The van der Waals surface area contributed by atoms with Crippen LogP contribution in [-0.4, -0.2) is 33.2 Å². The lowest BCUT2D eigenvalue weighted by molar-refractivity contribution is 0.0947. The lowest BCUT2D eigenvalue weighted by atomic mass is 10.0. The number of nitrogens with zero attached hydrogens (tertiary/aromatic N) is 4. The van der Waals surface area contributed by atoms with Crippen molar-refractivity contribution < 1.29 is 14.7 Å². The third kappa shape index (κ3) is 4.60. The molecule has 1 aliphatic rings. The third-order valence-electron chi connectivity index (χ3n) is 6.18. The summed E-state index contributed by atoms with van der Waals surface area (Å²) in [6.07, 6.45) is 2.15. The number of rotatable bonds is 6. The maximum Gasteiger partial charge on any atom is 0.277 e. The molecule has 2 amide bonds. The molecule has 0 unspecified atom stereocenters. The van der Waals surface area contributed by atoms with Gasteiger partial charge in [-0.2, -0.15) is 10.4 Å². The summed E-state index contributed by atoms with van der Waals surface area (Å²) in [5.41, 5.74) is 5.19. The predicted molar refractivity (Wildman–Crippen MR) is 135 cm³/mol. The highest BCUT2D eigenvalue weighted by atomic mass is 16.3. The molecule has 0 saturated heterocycles. The summed E-state index contributed by atoms with van der Waals surface area (Å²) in [7, 11) is 0. The van der Waals surface area contributed by atoms with Crippen LogP contribution in [0.25, 0.3) is 0 Å². The van der Waals surface area contributed by atoms with Crippen LogP contribution in [0.2, 0.25) is 0 Å². The van der Waals surface area contributed by atoms with Crippen LogP contribution in [0.3, 0.4) is 0 Å². The molecule has 8 nitrogen and oxygen atoms in total. The van der Waals surface area contributed by atoms with E-state index in [9.17, 15) is 14.7 Å². The van der Waals surface area contributed by atoms with Gasteiger partial charge < -0.3 is 15.3 Å². The van der Waals surface area contributed by atoms with Gasteiger partial charge in [-0.15, -0.1) is 0 Å². The molecule has 0 radical (unpaired) electrons. The van der Waals surface area contributed by atoms with Crippen LogP contribution >= 0.6 is 0 Å². The Bertz CT molecular complexity index is 1470. The van der Waals surface area contributed by atoms with Crippen molar-refractivity contribution in [2.45, 2.75) is 19.6 Å². The number of amides is 2. The standard InChI is InChI=1S/C28H23N5O3/c29-16-22-2-1-3-23(15-22)31-27(35)25-17-30-33-13-12-32(28(36)26(25)33)24-10-8-20(9-11-24)14-19-4-6-21(18-34)7-5-19/h1-11,15,17,34H,12-14,18H2,(H,31,35). The number of carbonyl (C=O) groups is 2. The molecule has 1 aromatic heterocycles. The van der Waals surface area contributed by atoms with Gasteiger partial charge in [-0.05, 0) is 53.4 Å². The van der Waals surface area contributed by atoms with E-state index in [0.29, 0.717) is 24.3 Å². The number of carbonyl (C=O) groups excluding carboxylic acids is 2. The van der Waals surface area contributed by atoms with E-state index in [1.54, 1.807) is 33.8 Å². The predicted octanol–water partition coefficient (Wildman–Crippen LogP) is 3.75. The summed E-state index contributed by atoms with van der Waals surface area (Å²) in [6.45, 7) is 0.938. The fourth-order valence-corrected chi connectivity index (χ4v) is 4.27. The van der Waals surface area contributed by atoms with E-state index < -0.39 is 5.91 Å². The number of nitriles is 1. The van der Waals surface area contributed by atoms with Crippen molar-refractivity contribution in [2.24, 2.45) is 0 Å². The van der Waals surface area contributed by atoms with Gasteiger partial charge in [-0.25, -0.2) is 0 Å². The SMILES string of the molecule is N#Cc1cccc(NC(=O)c2cnn3c2C(=O)N(c2ccc(Cc4ccc(CO)cc4)cc2)CC3)c1. The van der Waals surface area contributed by atoms with Crippen molar-refractivity contribution in [2.75, 3.05) is 16.8 Å². The van der Waals surface area contributed by atoms with E-state index in [0.717, 1.165) is 28.8 Å². The van der Waals surface area contributed by atoms with Crippen LogP contribution in [-0.2, 0) is 19.6 Å². The topological polar surface area (TPSA) is 111 Å². The summed E-state index contributed by atoms with van der Waals surface area (Å²) >= 11 is 0. The van der Waals surface area contributed by atoms with Gasteiger partial charge in [0.1, 0.15) is 5.69 Å². The van der Waals surface area contributed by atoms with Crippen molar-refractivity contribution in [3.63, 3.8) is 0 Å². The number of aliphatic hydroxyl groups excluding tert-OH is 1. The van der Waals surface area contributed by atoms with Crippen LogP contribution in [0.1, 0.15) is 43.1 Å². The van der Waals surface area contributed by atoms with Gasteiger partial charge in [0.25, 0.3) is 11.8 Å². The summed E-state index contributed by atoms with van der Waals surface area (Å²) in [5, 5.41) is 25.3. The van der Waals surface area contributed by atoms with Crippen molar-refractivity contribution in [3.05, 3.63) is 113 Å². The molecule has 1 aliphatic heterocycles. The lowest BCUT2D eigenvalue weighted by Gasteiger charge is -2.28. The molecule has 4 aromatic rings. The van der Waals surface area contributed by atoms with Gasteiger partial charge in [0.05, 0.1) is 36.5 Å². The Morgan fingerprint density at radius 3 is 2.39 bits per heavy atom. The van der Waals surface area contributed by atoms with Crippen molar-refractivity contribution in [1.82, 2.24) is 9.78 Å². The number of anilines is 2. The molecule has 2 heterocycles. The third-order valence-corrected chi connectivity index (χ3v) is 6.18. The lowest BCUT2D eigenvalue weighted by Crippen LogP contribution is -2.41. The second-order valence-corrected chi connectivity index (χ2v) is 8.55. The van der Waals surface area contributed by atoms with Crippen LogP contribution in [0.15, 0.2) is 79.0 Å². The first-order valence-corrected chi connectivity index (χ1v) is 11.5. The van der Waals surface area contributed by atoms with Gasteiger partial charge in [-0.1, -0.05) is 42.5 Å².